The van der Waals surface area contributed by atoms with Crippen molar-refractivity contribution in [3.63, 3.8) is 0 Å². The van der Waals surface area contributed by atoms with Crippen molar-refractivity contribution in [2.45, 2.75) is 51.5 Å². The van der Waals surface area contributed by atoms with Crippen LogP contribution in [0.4, 0.5) is 0 Å². The van der Waals surface area contributed by atoms with E-state index < -0.39 is 0 Å². The zero-order valence-electron chi connectivity index (χ0n) is 12.3. The molecule has 2 N–H and O–H groups in total. The van der Waals surface area contributed by atoms with Crippen LogP contribution in [0.3, 0.4) is 0 Å². The van der Waals surface area contributed by atoms with E-state index in [1.807, 2.05) is 4.90 Å². The molecule has 2 atom stereocenters. The molecule has 20 heavy (non-hydrogen) atoms. The maximum Gasteiger partial charge on any atom is 0.223 e. The van der Waals surface area contributed by atoms with Gasteiger partial charge in [-0.25, -0.2) is 0 Å². The van der Waals surface area contributed by atoms with Crippen LogP contribution < -0.4 is 5.32 Å². The van der Waals surface area contributed by atoms with Crippen molar-refractivity contribution in [2.24, 2.45) is 11.8 Å². The number of aliphatic hydroxyl groups excluding tert-OH is 1. The fourth-order valence-corrected chi connectivity index (χ4v) is 2.76. The first-order valence-electron chi connectivity index (χ1n) is 7.80. The Morgan fingerprint density at radius 3 is 2.65 bits per heavy atom. The lowest BCUT2D eigenvalue weighted by atomic mass is 9.94. The monoisotopic (exact) mass is 282 g/mol. The molecule has 2 aliphatic rings. The van der Waals surface area contributed by atoms with Crippen LogP contribution >= 0.6 is 0 Å². The molecule has 0 bridgehead atoms. The first-order chi connectivity index (χ1) is 9.61. The van der Waals surface area contributed by atoms with E-state index in [1.54, 1.807) is 0 Å². The molecule has 1 aliphatic carbocycles. The van der Waals surface area contributed by atoms with Crippen molar-refractivity contribution in [3.8, 4) is 0 Å². The highest BCUT2D eigenvalue weighted by molar-refractivity contribution is 5.81. The Labute approximate surface area is 120 Å². The maximum absolute atomic E-state index is 12.2. The Kier molecular flexibility index (Phi) is 5.40. The molecule has 1 saturated carbocycles. The van der Waals surface area contributed by atoms with E-state index in [9.17, 15) is 14.7 Å². The molecule has 0 aromatic rings. The first-order valence-corrected chi connectivity index (χ1v) is 7.80. The minimum atomic E-state index is 0.143. The highest BCUT2D eigenvalue weighted by atomic mass is 16.3. The van der Waals surface area contributed by atoms with Gasteiger partial charge < -0.3 is 15.3 Å². The van der Waals surface area contributed by atoms with Crippen molar-refractivity contribution in [1.82, 2.24) is 10.2 Å². The number of hydrogen-bond donors (Lipinski definition) is 2. The molecular weight excluding hydrogens is 256 g/mol. The third kappa shape index (κ3) is 4.20. The molecule has 1 heterocycles. The zero-order chi connectivity index (χ0) is 14.5. The SMILES string of the molecule is CC1CCC(CO)CN1C(=O)CCCNC(=O)C1CC1. The Morgan fingerprint density at radius 1 is 1.25 bits per heavy atom. The lowest BCUT2D eigenvalue weighted by Crippen LogP contribution is -2.46. The van der Waals surface area contributed by atoms with Gasteiger partial charge in [0.2, 0.25) is 11.8 Å². The molecule has 0 spiro atoms. The standard InChI is InChI=1S/C15H26N2O3/c1-11-4-5-12(10-18)9-17(11)14(19)3-2-8-16-15(20)13-6-7-13/h11-13,18H,2-10H2,1H3,(H,16,20). The van der Waals surface area contributed by atoms with Gasteiger partial charge in [-0.15, -0.1) is 0 Å². The molecule has 2 fully saturated rings. The van der Waals surface area contributed by atoms with E-state index in [0.717, 1.165) is 25.7 Å². The number of carbonyl (C=O) groups excluding carboxylic acids is 2. The number of hydrogen-bond acceptors (Lipinski definition) is 3. The lowest BCUT2D eigenvalue weighted by Gasteiger charge is -2.37. The van der Waals surface area contributed by atoms with Crippen molar-refractivity contribution in [1.29, 1.82) is 0 Å². The van der Waals surface area contributed by atoms with Crippen LogP contribution in [0.1, 0.15) is 45.4 Å². The van der Waals surface area contributed by atoms with Gasteiger partial charge in [-0.3, -0.25) is 9.59 Å². The topological polar surface area (TPSA) is 69.6 Å². The molecule has 2 amide bonds. The second-order valence-corrected chi connectivity index (χ2v) is 6.19. The average molecular weight is 282 g/mol. The first kappa shape index (κ1) is 15.3. The van der Waals surface area contributed by atoms with Gasteiger partial charge in [0.1, 0.15) is 0 Å². The fourth-order valence-electron chi connectivity index (χ4n) is 2.76. The zero-order valence-corrected chi connectivity index (χ0v) is 12.3. The molecule has 1 saturated heterocycles. The van der Waals surface area contributed by atoms with Gasteiger partial charge >= 0.3 is 0 Å². The summed E-state index contributed by atoms with van der Waals surface area (Å²) < 4.78 is 0. The third-order valence-electron chi connectivity index (χ3n) is 4.37. The van der Waals surface area contributed by atoms with E-state index in [1.165, 1.54) is 0 Å². The van der Waals surface area contributed by atoms with Crippen LogP contribution in [0.2, 0.25) is 0 Å². The molecule has 2 unspecified atom stereocenters. The lowest BCUT2D eigenvalue weighted by molar-refractivity contribution is -0.136. The molecule has 0 radical (unpaired) electrons. The molecule has 5 heteroatoms. The number of nitrogens with zero attached hydrogens (tertiary/aromatic N) is 1. The van der Waals surface area contributed by atoms with Gasteiger partial charge in [0, 0.05) is 38.1 Å². The molecule has 114 valence electrons. The molecule has 0 aromatic heterocycles. The van der Waals surface area contributed by atoms with Gasteiger partial charge in [0.15, 0.2) is 0 Å². The van der Waals surface area contributed by atoms with E-state index in [4.69, 9.17) is 0 Å². The Balaban J connectivity index is 1.66. The van der Waals surface area contributed by atoms with Crippen LogP contribution in [0.5, 0.6) is 0 Å². The molecular formula is C15H26N2O3. The van der Waals surface area contributed by atoms with E-state index in [0.29, 0.717) is 25.9 Å². The molecule has 2 rings (SSSR count). The molecule has 5 nitrogen and oxygen atoms in total. The van der Waals surface area contributed by atoms with Crippen LogP contribution in [0.15, 0.2) is 0 Å². The average Bonchev–Trinajstić information content (AvgIpc) is 3.28. The maximum atomic E-state index is 12.2. The summed E-state index contributed by atoms with van der Waals surface area (Å²) in [6, 6.07) is 0.270. The largest absolute Gasteiger partial charge is 0.396 e. The minimum absolute atomic E-state index is 0.143. The summed E-state index contributed by atoms with van der Waals surface area (Å²) in [6.07, 6.45) is 5.17. The number of nitrogens with one attached hydrogen (secondary N) is 1. The van der Waals surface area contributed by atoms with Crippen LogP contribution in [-0.4, -0.2) is 47.6 Å². The van der Waals surface area contributed by atoms with Crippen LogP contribution in [0.25, 0.3) is 0 Å². The van der Waals surface area contributed by atoms with Gasteiger partial charge in [-0.1, -0.05) is 0 Å². The summed E-state index contributed by atoms with van der Waals surface area (Å²) >= 11 is 0. The van der Waals surface area contributed by atoms with Gasteiger partial charge in [0.05, 0.1) is 0 Å². The van der Waals surface area contributed by atoms with E-state index in [-0.39, 0.29) is 36.3 Å². The highest BCUT2D eigenvalue weighted by Crippen LogP contribution is 2.28. The molecule has 1 aliphatic heterocycles. The van der Waals surface area contributed by atoms with E-state index in [2.05, 4.69) is 12.2 Å². The minimum Gasteiger partial charge on any atom is -0.396 e. The van der Waals surface area contributed by atoms with Gasteiger partial charge in [0.25, 0.3) is 0 Å². The van der Waals surface area contributed by atoms with Crippen molar-refractivity contribution in [2.75, 3.05) is 19.7 Å². The normalized spacial score (nSPS) is 26.4. The summed E-state index contributed by atoms with van der Waals surface area (Å²) in [5.74, 6) is 0.753. The number of aliphatic hydroxyl groups is 1. The molecule has 0 aromatic carbocycles. The second-order valence-electron chi connectivity index (χ2n) is 6.19. The number of rotatable bonds is 6. The smallest absolute Gasteiger partial charge is 0.223 e. The Morgan fingerprint density at radius 2 is 2.00 bits per heavy atom. The van der Waals surface area contributed by atoms with Crippen molar-refractivity contribution >= 4 is 11.8 Å². The van der Waals surface area contributed by atoms with Crippen molar-refractivity contribution < 1.29 is 14.7 Å². The van der Waals surface area contributed by atoms with Crippen molar-refractivity contribution in [3.05, 3.63) is 0 Å². The number of piperidine rings is 1. The highest BCUT2D eigenvalue weighted by Gasteiger charge is 2.30. The van der Waals surface area contributed by atoms with E-state index >= 15 is 0 Å². The second kappa shape index (κ2) is 7.07. The summed E-state index contributed by atoms with van der Waals surface area (Å²) in [5.41, 5.74) is 0. The Bertz CT molecular complexity index is 355. The number of likely N-dealkylation sites (tertiary alicyclic amines) is 1. The van der Waals surface area contributed by atoms with Gasteiger partial charge in [-0.05, 0) is 44.9 Å². The number of amides is 2. The fraction of sp³-hybridized carbons (Fsp3) is 0.867. The van der Waals surface area contributed by atoms with Crippen LogP contribution in [-0.2, 0) is 9.59 Å². The number of carbonyl (C=O) groups is 2. The summed E-state index contributed by atoms with van der Waals surface area (Å²) in [5, 5.41) is 12.1. The van der Waals surface area contributed by atoms with Crippen LogP contribution in [0, 0.1) is 11.8 Å². The predicted molar refractivity (Wildman–Crippen MR) is 76.0 cm³/mol. The Hall–Kier alpha value is -1.10. The summed E-state index contributed by atoms with van der Waals surface area (Å²) in [7, 11) is 0. The quantitative estimate of drug-likeness (QED) is 0.712. The predicted octanol–water partition coefficient (Wildman–Crippen LogP) is 0.912. The summed E-state index contributed by atoms with van der Waals surface area (Å²) in [6.45, 7) is 3.49. The summed E-state index contributed by atoms with van der Waals surface area (Å²) in [4.78, 5) is 25.5. The van der Waals surface area contributed by atoms with Gasteiger partial charge in [-0.2, -0.15) is 0 Å². The third-order valence-corrected chi connectivity index (χ3v) is 4.37.